The first-order chi connectivity index (χ1) is 7.61. The third-order valence-electron chi connectivity index (χ3n) is 2.02. The van der Waals surface area contributed by atoms with Crippen molar-refractivity contribution in [2.45, 2.75) is 13.3 Å². The molecule has 2 aromatic rings. The van der Waals surface area contributed by atoms with Crippen LogP contribution in [0.15, 0.2) is 12.1 Å². The fourth-order valence-corrected chi connectivity index (χ4v) is 2.50. The van der Waals surface area contributed by atoms with E-state index in [-0.39, 0.29) is 5.91 Å². The van der Waals surface area contributed by atoms with Crippen LogP contribution in [0.1, 0.15) is 13.3 Å². The summed E-state index contributed by atoms with van der Waals surface area (Å²) in [7, 11) is 0. The van der Waals surface area contributed by atoms with Crippen LogP contribution < -0.4 is 5.32 Å². The van der Waals surface area contributed by atoms with E-state index in [0.717, 1.165) is 4.70 Å². The largest absolute Gasteiger partial charge is 0.302 e. The fraction of sp³-hybridized carbons (Fsp3) is 0.200. The van der Waals surface area contributed by atoms with E-state index < -0.39 is 0 Å². The van der Waals surface area contributed by atoms with Crippen LogP contribution >= 0.6 is 34.5 Å². The molecule has 0 aliphatic carbocycles. The fourth-order valence-electron chi connectivity index (χ4n) is 1.20. The molecule has 0 unspecified atom stereocenters. The number of thiazole rings is 1. The molecule has 0 spiro atoms. The standard InChI is InChI=1S/C10H8Cl2N2OS/c1-2-7(15)13-10-14-9-6(16-10)4-3-5(11)8(9)12/h3-4H,2H2,1H3,(H,13,14,15). The Morgan fingerprint density at radius 1 is 1.50 bits per heavy atom. The Morgan fingerprint density at radius 3 is 2.94 bits per heavy atom. The molecule has 1 aromatic heterocycles. The molecule has 0 aliphatic heterocycles. The summed E-state index contributed by atoms with van der Waals surface area (Å²) in [5.41, 5.74) is 0.630. The molecule has 0 bridgehead atoms. The van der Waals surface area contributed by atoms with Crippen LogP contribution in [-0.2, 0) is 4.79 Å². The van der Waals surface area contributed by atoms with E-state index in [0.29, 0.717) is 27.1 Å². The van der Waals surface area contributed by atoms with Crippen LogP contribution in [0.3, 0.4) is 0 Å². The van der Waals surface area contributed by atoms with Crippen LogP contribution in [0.25, 0.3) is 10.2 Å². The van der Waals surface area contributed by atoms with Crippen molar-refractivity contribution in [2.75, 3.05) is 5.32 Å². The number of benzene rings is 1. The Bertz CT molecular complexity index is 553. The summed E-state index contributed by atoms with van der Waals surface area (Å²) in [4.78, 5) is 15.4. The lowest BCUT2D eigenvalue weighted by Crippen LogP contribution is -2.08. The van der Waals surface area contributed by atoms with Crippen molar-refractivity contribution in [1.29, 1.82) is 0 Å². The Morgan fingerprint density at radius 2 is 2.25 bits per heavy atom. The molecule has 0 atom stereocenters. The molecule has 1 N–H and O–H groups in total. The molecular weight excluding hydrogens is 267 g/mol. The van der Waals surface area contributed by atoms with Crippen molar-refractivity contribution in [3.8, 4) is 0 Å². The summed E-state index contributed by atoms with van der Waals surface area (Å²) in [5.74, 6) is -0.0683. The number of hydrogen-bond acceptors (Lipinski definition) is 3. The molecule has 0 saturated carbocycles. The number of halogens is 2. The number of carbonyl (C=O) groups is 1. The average Bonchev–Trinajstić information content (AvgIpc) is 2.67. The molecule has 6 heteroatoms. The van der Waals surface area contributed by atoms with Crippen molar-refractivity contribution in [1.82, 2.24) is 4.98 Å². The van der Waals surface area contributed by atoms with Gasteiger partial charge in [-0.2, -0.15) is 0 Å². The summed E-state index contributed by atoms with van der Waals surface area (Å²) in [6, 6.07) is 3.55. The molecule has 0 radical (unpaired) electrons. The highest BCUT2D eigenvalue weighted by molar-refractivity contribution is 7.22. The van der Waals surface area contributed by atoms with Crippen molar-refractivity contribution in [3.05, 3.63) is 22.2 Å². The van der Waals surface area contributed by atoms with Crippen molar-refractivity contribution in [3.63, 3.8) is 0 Å². The predicted molar refractivity (Wildman–Crippen MR) is 68.6 cm³/mol. The van der Waals surface area contributed by atoms with E-state index in [1.807, 2.05) is 6.07 Å². The van der Waals surface area contributed by atoms with Gasteiger partial charge in [0.25, 0.3) is 0 Å². The molecule has 2 rings (SSSR count). The molecule has 0 saturated heterocycles. The highest BCUT2D eigenvalue weighted by Crippen LogP contribution is 2.35. The van der Waals surface area contributed by atoms with Crippen LogP contribution in [0, 0.1) is 0 Å². The molecular formula is C10H8Cl2N2OS. The lowest BCUT2D eigenvalue weighted by Gasteiger charge is -1.95. The minimum absolute atomic E-state index is 0.0683. The maximum Gasteiger partial charge on any atom is 0.225 e. The second-order valence-corrected chi connectivity index (χ2v) is 4.94. The molecule has 0 fully saturated rings. The van der Waals surface area contributed by atoms with Crippen molar-refractivity contribution < 1.29 is 4.79 Å². The van der Waals surface area contributed by atoms with E-state index in [1.165, 1.54) is 11.3 Å². The lowest BCUT2D eigenvalue weighted by atomic mass is 10.3. The Balaban J connectivity index is 2.44. The maximum atomic E-state index is 11.2. The number of rotatable bonds is 2. The molecule has 0 aliphatic rings. The number of hydrogen-bond donors (Lipinski definition) is 1. The second kappa shape index (κ2) is 4.57. The van der Waals surface area contributed by atoms with Gasteiger partial charge in [-0.1, -0.05) is 41.5 Å². The zero-order valence-corrected chi connectivity index (χ0v) is 10.7. The monoisotopic (exact) mass is 274 g/mol. The van der Waals surface area contributed by atoms with Gasteiger partial charge in [0.2, 0.25) is 5.91 Å². The number of carbonyl (C=O) groups excluding carboxylic acids is 1. The zero-order valence-electron chi connectivity index (χ0n) is 8.38. The normalized spacial score (nSPS) is 10.7. The number of amides is 1. The highest BCUT2D eigenvalue weighted by Gasteiger charge is 2.11. The Kier molecular flexibility index (Phi) is 3.33. The molecule has 1 amide bonds. The molecule has 16 heavy (non-hydrogen) atoms. The number of nitrogens with one attached hydrogen (secondary N) is 1. The molecule has 1 heterocycles. The van der Waals surface area contributed by atoms with Gasteiger partial charge < -0.3 is 5.32 Å². The van der Waals surface area contributed by atoms with Gasteiger partial charge in [-0.05, 0) is 12.1 Å². The topological polar surface area (TPSA) is 42.0 Å². The van der Waals surface area contributed by atoms with Gasteiger partial charge in [-0.15, -0.1) is 0 Å². The first kappa shape index (κ1) is 11.6. The van der Waals surface area contributed by atoms with Crippen molar-refractivity contribution in [2.24, 2.45) is 0 Å². The van der Waals surface area contributed by atoms with E-state index in [2.05, 4.69) is 10.3 Å². The van der Waals surface area contributed by atoms with Gasteiger partial charge >= 0.3 is 0 Å². The van der Waals surface area contributed by atoms with Gasteiger partial charge in [0.15, 0.2) is 5.13 Å². The van der Waals surface area contributed by atoms with E-state index in [1.54, 1.807) is 13.0 Å². The first-order valence-electron chi connectivity index (χ1n) is 4.66. The maximum absolute atomic E-state index is 11.2. The average molecular weight is 275 g/mol. The van der Waals surface area contributed by atoms with Gasteiger partial charge in [0.05, 0.1) is 14.7 Å². The number of nitrogens with zero attached hydrogens (tertiary/aromatic N) is 1. The lowest BCUT2D eigenvalue weighted by molar-refractivity contribution is -0.115. The minimum atomic E-state index is -0.0683. The van der Waals surface area contributed by atoms with Gasteiger partial charge in [-0.25, -0.2) is 4.98 Å². The third-order valence-corrected chi connectivity index (χ3v) is 3.75. The van der Waals surface area contributed by atoms with Crippen LogP contribution in [-0.4, -0.2) is 10.9 Å². The Labute approximate surface area is 106 Å². The minimum Gasteiger partial charge on any atom is -0.302 e. The SMILES string of the molecule is CCC(=O)Nc1nc2c(Cl)c(Cl)ccc2s1. The van der Waals surface area contributed by atoms with Gasteiger partial charge in [0.1, 0.15) is 5.52 Å². The van der Waals surface area contributed by atoms with Crippen LogP contribution in [0.5, 0.6) is 0 Å². The van der Waals surface area contributed by atoms with Crippen LogP contribution in [0.2, 0.25) is 10.0 Å². The quantitative estimate of drug-likeness (QED) is 0.901. The first-order valence-corrected chi connectivity index (χ1v) is 6.23. The van der Waals surface area contributed by atoms with E-state index in [9.17, 15) is 4.79 Å². The molecule has 84 valence electrons. The summed E-state index contributed by atoms with van der Waals surface area (Å²) in [6.07, 6.45) is 0.421. The number of aromatic nitrogens is 1. The van der Waals surface area contributed by atoms with E-state index >= 15 is 0 Å². The van der Waals surface area contributed by atoms with Crippen molar-refractivity contribution >= 4 is 55.8 Å². The third kappa shape index (κ3) is 2.14. The van der Waals surface area contributed by atoms with Crippen LogP contribution in [0.4, 0.5) is 5.13 Å². The van der Waals surface area contributed by atoms with Gasteiger partial charge in [0, 0.05) is 6.42 Å². The predicted octanol–water partition coefficient (Wildman–Crippen LogP) is 3.95. The molecule has 1 aromatic carbocycles. The summed E-state index contributed by atoms with van der Waals surface area (Å²) >= 11 is 13.3. The molecule has 3 nitrogen and oxygen atoms in total. The number of fused-ring (bicyclic) bond motifs is 1. The van der Waals surface area contributed by atoms with Gasteiger partial charge in [-0.3, -0.25) is 4.79 Å². The Hall–Kier alpha value is -0.840. The number of anilines is 1. The van der Waals surface area contributed by atoms with E-state index in [4.69, 9.17) is 23.2 Å². The second-order valence-electron chi connectivity index (χ2n) is 3.13. The summed E-state index contributed by atoms with van der Waals surface area (Å²) in [6.45, 7) is 1.78. The smallest absolute Gasteiger partial charge is 0.225 e. The summed E-state index contributed by atoms with van der Waals surface area (Å²) in [5, 5.41) is 4.13. The summed E-state index contributed by atoms with van der Waals surface area (Å²) < 4.78 is 0.904. The highest BCUT2D eigenvalue weighted by atomic mass is 35.5. The zero-order chi connectivity index (χ0) is 11.7.